The van der Waals surface area contributed by atoms with E-state index in [0.29, 0.717) is 30.0 Å². The number of halogens is 3. The number of carboxylic acids is 1. The minimum Gasteiger partial charge on any atom is -0.480 e. The first-order valence-corrected chi connectivity index (χ1v) is 8.04. The molecule has 0 amide bonds. The molecule has 1 heterocycles. The van der Waals surface area contributed by atoms with Crippen molar-refractivity contribution in [3.05, 3.63) is 70.2 Å². The van der Waals surface area contributed by atoms with Crippen LogP contribution in [-0.4, -0.2) is 28.6 Å². The number of hydrogen-bond acceptors (Lipinski definition) is 2. The third-order valence-electron chi connectivity index (χ3n) is 4.37. The van der Waals surface area contributed by atoms with Gasteiger partial charge in [-0.1, -0.05) is 35.9 Å². The Kier molecular flexibility index (Phi) is 4.83. The molecule has 1 saturated heterocycles. The highest BCUT2D eigenvalue weighted by molar-refractivity contribution is 6.31. The molecule has 2 aromatic carbocycles. The van der Waals surface area contributed by atoms with Gasteiger partial charge >= 0.3 is 5.97 Å². The zero-order chi connectivity index (χ0) is 17.3. The summed E-state index contributed by atoms with van der Waals surface area (Å²) in [6.45, 7) is 0.504. The van der Waals surface area contributed by atoms with Gasteiger partial charge in [0, 0.05) is 23.2 Å². The third-order valence-corrected chi connectivity index (χ3v) is 4.71. The maximum atomic E-state index is 14.4. The largest absolute Gasteiger partial charge is 0.480 e. The molecule has 1 aliphatic heterocycles. The second-order valence-corrected chi connectivity index (χ2v) is 6.23. The summed E-state index contributed by atoms with van der Waals surface area (Å²) in [7, 11) is 0. The van der Waals surface area contributed by atoms with Crippen molar-refractivity contribution in [3.63, 3.8) is 0 Å². The standard InChI is InChI=1S/C18H16ClF2NO2/c19-14-5-2-1-4-12(14)17(13-8-7-11(20)10-15(13)21)22-9-3-6-16(22)18(23)24/h1-2,4-5,7-8,10,16-17H,3,6,9H2,(H,23,24). The lowest BCUT2D eigenvalue weighted by molar-refractivity contribution is -0.142. The maximum absolute atomic E-state index is 14.4. The minimum atomic E-state index is -0.952. The first kappa shape index (κ1) is 16.9. The smallest absolute Gasteiger partial charge is 0.320 e. The molecular weight excluding hydrogens is 336 g/mol. The Morgan fingerprint density at radius 2 is 1.96 bits per heavy atom. The van der Waals surface area contributed by atoms with E-state index in [2.05, 4.69) is 0 Å². The zero-order valence-electron chi connectivity index (χ0n) is 12.8. The van der Waals surface area contributed by atoms with Crippen LogP contribution in [0, 0.1) is 11.6 Å². The van der Waals surface area contributed by atoms with Crippen LogP contribution in [0.5, 0.6) is 0 Å². The fraction of sp³-hybridized carbons (Fsp3) is 0.278. The van der Waals surface area contributed by atoms with Gasteiger partial charge in [0.05, 0.1) is 6.04 Å². The second kappa shape index (κ2) is 6.87. The van der Waals surface area contributed by atoms with Gasteiger partial charge in [-0.2, -0.15) is 0 Å². The molecule has 3 rings (SSSR count). The van der Waals surface area contributed by atoms with Crippen LogP contribution < -0.4 is 0 Å². The Labute approximate surface area is 143 Å². The molecule has 0 bridgehead atoms. The van der Waals surface area contributed by atoms with Crippen LogP contribution >= 0.6 is 11.6 Å². The zero-order valence-corrected chi connectivity index (χ0v) is 13.5. The van der Waals surface area contributed by atoms with Gasteiger partial charge in [-0.15, -0.1) is 0 Å². The lowest BCUT2D eigenvalue weighted by atomic mass is 9.95. The summed E-state index contributed by atoms with van der Waals surface area (Å²) >= 11 is 6.29. The van der Waals surface area contributed by atoms with Gasteiger partial charge in [0.1, 0.15) is 17.7 Å². The summed E-state index contributed by atoms with van der Waals surface area (Å²) in [5.41, 5.74) is 0.829. The Morgan fingerprint density at radius 3 is 2.62 bits per heavy atom. The average Bonchev–Trinajstić information content (AvgIpc) is 3.01. The number of rotatable bonds is 4. The van der Waals surface area contributed by atoms with Gasteiger partial charge in [-0.25, -0.2) is 8.78 Å². The summed E-state index contributed by atoms with van der Waals surface area (Å²) in [5.74, 6) is -2.34. The van der Waals surface area contributed by atoms with Gasteiger partial charge in [0.2, 0.25) is 0 Å². The van der Waals surface area contributed by atoms with Crippen molar-refractivity contribution in [2.24, 2.45) is 0 Å². The maximum Gasteiger partial charge on any atom is 0.320 e. The van der Waals surface area contributed by atoms with Gasteiger partial charge in [-0.05, 0) is 30.5 Å². The van der Waals surface area contributed by atoms with Crippen LogP contribution in [0.25, 0.3) is 0 Å². The quantitative estimate of drug-likeness (QED) is 0.895. The predicted octanol–water partition coefficient (Wildman–Crippen LogP) is 4.26. The molecule has 1 N–H and O–H groups in total. The van der Waals surface area contributed by atoms with Crippen molar-refractivity contribution in [1.29, 1.82) is 0 Å². The van der Waals surface area contributed by atoms with E-state index in [0.717, 1.165) is 6.07 Å². The summed E-state index contributed by atoms with van der Waals surface area (Å²) in [6.07, 6.45) is 1.18. The second-order valence-electron chi connectivity index (χ2n) is 5.82. The lowest BCUT2D eigenvalue weighted by Crippen LogP contribution is -2.39. The van der Waals surface area contributed by atoms with Crippen LogP contribution in [-0.2, 0) is 4.79 Å². The first-order chi connectivity index (χ1) is 11.5. The van der Waals surface area contributed by atoms with Crippen LogP contribution in [0.15, 0.2) is 42.5 Å². The minimum absolute atomic E-state index is 0.220. The van der Waals surface area contributed by atoms with Gasteiger partial charge in [0.25, 0.3) is 0 Å². The summed E-state index contributed by atoms with van der Waals surface area (Å²) in [5, 5.41) is 9.90. The monoisotopic (exact) mass is 351 g/mol. The number of nitrogens with zero attached hydrogens (tertiary/aromatic N) is 1. The predicted molar refractivity (Wildman–Crippen MR) is 87.0 cm³/mol. The van der Waals surface area contributed by atoms with E-state index in [-0.39, 0.29) is 5.56 Å². The van der Waals surface area contributed by atoms with E-state index >= 15 is 0 Å². The highest BCUT2D eigenvalue weighted by Crippen LogP contribution is 2.38. The van der Waals surface area contributed by atoms with Gasteiger partial charge < -0.3 is 5.11 Å². The SMILES string of the molecule is O=C(O)C1CCCN1C(c1ccc(F)cc1F)c1ccccc1Cl. The molecule has 0 radical (unpaired) electrons. The van der Waals surface area contributed by atoms with Crippen molar-refractivity contribution in [1.82, 2.24) is 4.90 Å². The molecule has 1 fully saturated rings. The van der Waals surface area contributed by atoms with Crippen molar-refractivity contribution in [2.75, 3.05) is 6.54 Å². The van der Waals surface area contributed by atoms with Crippen molar-refractivity contribution < 1.29 is 18.7 Å². The van der Waals surface area contributed by atoms with Crippen molar-refractivity contribution in [3.8, 4) is 0 Å². The third kappa shape index (κ3) is 3.14. The number of hydrogen-bond donors (Lipinski definition) is 1. The molecule has 0 saturated carbocycles. The van der Waals surface area contributed by atoms with Gasteiger partial charge in [0.15, 0.2) is 0 Å². The Hall–Kier alpha value is -1.98. The average molecular weight is 352 g/mol. The summed E-state index contributed by atoms with van der Waals surface area (Å²) in [4.78, 5) is 13.3. The molecule has 126 valence electrons. The normalized spacial score (nSPS) is 19.4. The summed E-state index contributed by atoms with van der Waals surface area (Å²) in [6, 6.07) is 8.88. The van der Waals surface area contributed by atoms with E-state index in [1.54, 1.807) is 29.2 Å². The lowest BCUT2D eigenvalue weighted by Gasteiger charge is -2.32. The number of carboxylic acid groups (broad SMARTS) is 1. The number of aliphatic carboxylic acids is 1. The summed E-state index contributed by atoms with van der Waals surface area (Å²) < 4.78 is 27.7. The molecule has 2 aromatic rings. The van der Waals surface area contributed by atoms with E-state index in [1.807, 2.05) is 0 Å². The Balaban J connectivity index is 2.14. The van der Waals surface area contributed by atoms with Crippen LogP contribution in [0.4, 0.5) is 8.78 Å². The van der Waals surface area contributed by atoms with E-state index in [9.17, 15) is 18.7 Å². The molecule has 2 atom stereocenters. The van der Waals surface area contributed by atoms with Crippen LogP contribution in [0.1, 0.15) is 30.0 Å². The molecule has 1 aliphatic rings. The topological polar surface area (TPSA) is 40.5 Å². The van der Waals surface area contributed by atoms with Gasteiger partial charge in [-0.3, -0.25) is 9.69 Å². The fourth-order valence-electron chi connectivity index (χ4n) is 3.31. The van der Waals surface area contributed by atoms with E-state index in [4.69, 9.17) is 11.6 Å². The molecule has 2 unspecified atom stereocenters. The number of benzene rings is 2. The molecule has 24 heavy (non-hydrogen) atoms. The van der Waals surface area contributed by atoms with Crippen LogP contribution in [0.3, 0.4) is 0 Å². The Morgan fingerprint density at radius 1 is 1.21 bits per heavy atom. The highest BCUT2D eigenvalue weighted by atomic mass is 35.5. The fourth-order valence-corrected chi connectivity index (χ4v) is 3.55. The van der Waals surface area contributed by atoms with Crippen LogP contribution in [0.2, 0.25) is 5.02 Å². The first-order valence-electron chi connectivity index (χ1n) is 7.67. The molecule has 6 heteroatoms. The Bertz CT molecular complexity index is 768. The number of likely N-dealkylation sites (tertiary alicyclic amines) is 1. The van der Waals surface area contributed by atoms with Crippen molar-refractivity contribution >= 4 is 17.6 Å². The molecular formula is C18H16ClF2NO2. The molecule has 0 aliphatic carbocycles. The van der Waals surface area contributed by atoms with E-state index < -0.39 is 29.7 Å². The highest BCUT2D eigenvalue weighted by Gasteiger charge is 2.38. The van der Waals surface area contributed by atoms with Crippen molar-refractivity contribution in [2.45, 2.75) is 24.9 Å². The number of carbonyl (C=O) groups is 1. The van der Waals surface area contributed by atoms with E-state index in [1.165, 1.54) is 12.1 Å². The molecule has 3 nitrogen and oxygen atoms in total. The molecule has 0 spiro atoms. The molecule has 0 aromatic heterocycles.